The highest BCUT2D eigenvalue weighted by atomic mass is 16.5. The molecule has 1 aliphatic carbocycles. The molecule has 0 unspecified atom stereocenters. The van der Waals surface area contributed by atoms with E-state index in [1.165, 1.54) is 5.56 Å². The first-order valence-corrected chi connectivity index (χ1v) is 9.07. The number of aliphatic hydroxyl groups is 1. The lowest BCUT2D eigenvalue weighted by molar-refractivity contribution is 0.0957. The van der Waals surface area contributed by atoms with Crippen LogP contribution in [0.3, 0.4) is 0 Å². The highest BCUT2D eigenvalue weighted by Crippen LogP contribution is 2.35. The van der Waals surface area contributed by atoms with Gasteiger partial charge in [-0.05, 0) is 31.4 Å². The van der Waals surface area contributed by atoms with Crippen molar-refractivity contribution in [1.82, 2.24) is 15.3 Å². The van der Waals surface area contributed by atoms with Gasteiger partial charge in [0, 0.05) is 29.9 Å². The van der Waals surface area contributed by atoms with Crippen molar-refractivity contribution in [3.05, 3.63) is 35.0 Å². The molecule has 0 saturated carbocycles. The number of amides is 1. The van der Waals surface area contributed by atoms with Crippen molar-refractivity contribution in [2.75, 3.05) is 31.1 Å². The average Bonchev–Trinajstić information content (AvgIpc) is 3.02. The molecule has 7 nitrogen and oxygen atoms in total. The molecule has 3 heterocycles. The van der Waals surface area contributed by atoms with Crippen LogP contribution < -0.4 is 15.0 Å². The number of anilines is 1. The maximum atomic E-state index is 12.1. The minimum Gasteiger partial charge on any atom is -0.491 e. The summed E-state index contributed by atoms with van der Waals surface area (Å²) >= 11 is 0. The van der Waals surface area contributed by atoms with E-state index < -0.39 is 0 Å². The van der Waals surface area contributed by atoms with Gasteiger partial charge in [0.1, 0.15) is 12.4 Å². The first-order valence-electron chi connectivity index (χ1n) is 9.07. The van der Waals surface area contributed by atoms with Crippen LogP contribution in [-0.2, 0) is 12.8 Å². The standard InChI is InChI=1S/C19H20N4O3/c24-12-9-23(10-12)19-21-15-3-1-2-13(15)17(22-19)11-4-5-14-16(8-11)26-7-6-20-18(14)25/h4-5,8,12,24H,1-3,6-7,9-10H2,(H,20,25). The molecule has 1 aromatic carbocycles. The summed E-state index contributed by atoms with van der Waals surface area (Å²) in [6.45, 7) is 2.12. The SMILES string of the molecule is O=C1NCCOc2cc(-c3nc(N4CC(O)C4)nc4c3CCC4)ccc21. The van der Waals surface area contributed by atoms with Gasteiger partial charge in [0.05, 0.1) is 23.9 Å². The number of hydrogen-bond acceptors (Lipinski definition) is 6. The first kappa shape index (κ1) is 15.6. The average molecular weight is 352 g/mol. The molecule has 134 valence electrons. The van der Waals surface area contributed by atoms with Crippen LogP contribution in [0.2, 0.25) is 0 Å². The maximum Gasteiger partial charge on any atom is 0.255 e. The molecule has 0 bridgehead atoms. The maximum absolute atomic E-state index is 12.1. The van der Waals surface area contributed by atoms with E-state index in [4.69, 9.17) is 14.7 Å². The predicted molar refractivity (Wildman–Crippen MR) is 95.5 cm³/mol. The van der Waals surface area contributed by atoms with Gasteiger partial charge in [0.25, 0.3) is 5.91 Å². The lowest BCUT2D eigenvalue weighted by Crippen LogP contribution is -2.51. The minimum atomic E-state index is -0.297. The molecule has 2 N–H and O–H groups in total. The van der Waals surface area contributed by atoms with E-state index in [2.05, 4.69) is 5.32 Å². The van der Waals surface area contributed by atoms with E-state index in [0.29, 0.717) is 43.5 Å². The van der Waals surface area contributed by atoms with Gasteiger partial charge in [0.15, 0.2) is 0 Å². The predicted octanol–water partition coefficient (Wildman–Crippen LogP) is 0.935. The summed E-state index contributed by atoms with van der Waals surface area (Å²) in [4.78, 5) is 23.6. The molecular formula is C19H20N4O3. The second kappa shape index (κ2) is 5.95. The third-order valence-corrected chi connectivity index (χ3v) is 5.21. The van der Waals surface area contributed by atoms with E-state index in [1.807, 2.05) is 23.1 Å². The molecule has 1 fully saturated rings. The molecule has 2 aliphatic heterocycles. The fourth-order valence-electron chi connectivity index (χ4n) is 3.82. The van der Waals surface area contributed by atoms with Gasteiger partial charge in [-0.25, -0.2) is 9.97 Å². The zero-order valence-corrected chi connectivity index (χ0v) is 14.4. The Morgan fingerprint density at radius 3 is 2.96 bits per heavy atom. The van der Waals surface area contributed by atoms with Crippen molar-refractivity contribution in [2.24, 2.45) is 0 Å². The number of rotatable bonds is 2. The number of β-amino-alcohol motifs (C(OH)–C–C–N with tert-alkyl or cyclic N) is 1. The molecular weight excluding hydrogens is 332 g/mol. The summed E-state index contributed by atoms with van der Waals surface area (Å²) in [6, 6.07) is 5.65. The number of aryl methyl sites for hydroxylation is 1. The van der Waals surface area contributed by atoms with Crippen LogP contribution in [0.15, 0.2) is 18.2 Å². The highest BCUT2D eigenvalue weighted by molar-refractivity contribution is 5.98. The molecule has 0 radical (unpaired) electrons. The Labute approximate surface area is 151 Å². The lowest BCUT2D eigenvalue weighted by atomic mass is 10.0. The van der Waals surface area contributed by atoms with Crippen molar-refractivity contribution in [3.63, 3.8) is 0 Å². The molecule has 2 aromatic rings. The summed E-state index contributed by atoms with van der Waals surface area (Å²) in [6.07, 6.45) is 2.70. The Hall–Kier alpha value is -2.67. The third-order valence-electron chi connectivity index (χ3n) is 5.21. The topological polar surface area (TPSA) is 87.6 Å². The molecule has 26 heavy (non-hydrogen) atoms. The summed E-state index contributed by atoms with van der Waals surface area (Å²) in [5.41, 5.74) is 4.71. The van der Waals surface area contributed by atoms with Crippen LogP contribution in [0.25, 0.3) is 11.3 Å². The molecule has 1 aromatic heterocycles. The van der Waals surface area contributed by atoms with Crippen molar-refractivity contribution in [2.45, 2.75) is 25.4 Å². The lowest BCUT2D eigenvalue weighted by Gasteiger charge is -2.36. The molecule has 1 amide bonds. The summed E-state index contributed by atoms with van der Waals surface area (Å²) in [7, 11) is 0. The zero-order chi connectivity index (χ0) is 17.7. The van der Waals surface area contributed by atoms with Gasteiger partial charge in [-0.15, -0.1) is 0 Å². The summed E-state index contributed by atoms with van der Waals surface area (Å²) in [5.74, 6) is 1.18. The Morgan fingerprint density at radius 1 is 1.23 bits per heavy atom. The molecule has 0 atom stereocenters. The highest BCUT2D eigenvalue weighted by Gasteiger charge is 2.30. The van der Waals surface area contributed by atoms with Crippen molar-refractivity contribution >= 4 is 11.9 Å². The first-order chi connectivity index (χ1) is 12.7. The number of aliphatic hydroxyl groups excluding tert-OH is 1. The van der Waals surface area contributed by atoms with E-state index >= 15 is 0 Å². The number of carbonyl (C=O) groups is 1. The molecule has 3 aliphatic rings. The Kier molecular flexibility index (Phi) is 3.56. The van der Waals surface area contributed by atoms with Crippen LogP contribution in [0.5, 0.6) is 5.75 Å². The number of benzene rings is 1. The largest absolute Gasteiger partial charge is 0.491 e. The van der Waals surface area contributed by atoms with E-state index in [9.17, 15) is 9.90 Å². The van der Waals surface area contributed by atoms with E-state index in [1.54, 1.807) is 0 Å². The number of carbonyl (C=O) groups excluding carboxylic acids is 1. The van der Waals surface area contributed by atoms with Crippen molar-refractivity contribution in [3.8, 4) is 17.0 Å². The molecule has 5 rings (SSSR count). The number of hydrogen-bond donors (Lipinski definition) is 2. The second-order valence-corrected chi connectivity index (χ2v) is 7.03. The van der Waals surface area contributed by atoms with Crippen LogP contribution in [0.4, 0.5) is 5.95 Å². The van der Waals surface area contributed by atoms with E-state index in [-0.39, 0.29) is 12.0 Å². The number of nitrogens with one attached hydrogen (secondary N) is 1. The minimum absolute atomic E-state index is 0.104. The number of nitrogens with zero attached hydrogens (tertiary/aromatic N) is 3. The van der Waals surface area contributed by atoms with Crippen LogP contribution in [-0.4, -0.2) is 53.3 Å². The monoisotopic (exact) mass is 352 g/mol. The van der Waals surface area contributed by atoms with Crippen LogP contribution in [0, 0.1) is 0 Å². The molecule has 7 heteroatoms. The fraction of sp³-hybridized carbons (Fsp3) is 0.421. The van der Waals surface area contributed by atoms with E-state index in [0.717, 1.165) is 36.2 Å². The van der Waals surface area contributed by atoms with Gasteiger partial charge in [-0.1, -0.05) is 6.07 Å². The summed E-state index contributed by atoms with van der Waals surface area (Å²) < 4.78 is 5.75. The normalized spacial score (nSPS) is 19.1. The Balaban J connectivity index is 1.59. The van der Waals surface area contributed by atoms with Gasteiger partial charge in [0.2, 0.25) is 5.95 Å². The Morgan fingerprint density at radius 2 is 2.12 bits per heavy atom. The van der Waals surface area contributed by atoms with Gasteiger partial charge in [-0.2, -0.15) is 0 Å². The molecule has 0 spiro atoms. The number of ether oxygens (including phenoxy) is 1. The van der Waals surface area contributed by atoms with Crippen LogP contribution >= 0.6 is 0 Å². The van der Waals surface area contributed by atoms with Crippen molar-refractivity contribution < 1.29 is 14.6 Å². The smallest absolute Gasteiger partial charge is 0.255 e. The number of aromatic nitrogens is 2. The second-order valence-electron chi connectivity index (χ2n) is 7.03. The third kappa shape index (κ3) is 2.50. The van der Waals surface area contributed by atoms with Crippen LogP contribution in [0.1, 0.15) is 28.0 Å². The Bertz CT molecular complexity index is 893. The fourth-order valence-corrected chi connectivity index (χ4v) is 3.82. The quantitative estimate of drug-likeness (QED) is 0.836. The van der Waals surface area contributed by atoms with Gasteiger partial charge in [-0.3, -0.25) is 4.79 Å². The van der Waals surface area contributed by atoms with Crippen molar-refractivity contribution in [1.29, 1.82) is 0 Å². The van der Waals surface area contributed by atoms with Gasteiger partial charge >= 0.3 is 0 Å². The summed E-state index contributed by atoms with van der Waals surface area (Å²) in [5, 5.41) is 12.4. The zero-order valence-electron chi connectivity index (χ0n) is 14.4. The van der Waals surface area contributed by atoms with Gasteiger partial charge < -0.3 is 20.1 Å². The molecule has 1 saturated heterocycles. The number of fused-ring (bicyclic) bond motifs is 2.